The van der Waals surface area contributed by atoms with Gasteiger partial charge in [0, 0.05) is 55.1 Å². The summed E-state index contributed by atoms with van der Waals surface area (Å²) in [7, 11) is -3.64. The van der Waals surface area contributed by atoms with Gasteiger partial charge in [0.1, 0.15) is 5.82 Å². The number of aryl methyl sites for hydroxylation is 1. The van der Waals surface area contributed by atoms with Gasteiger partial charge in [-0.1, -0.05) is 17.7 Å². The van der Waals surface area contributed by atoms with Crippen molar-refractivity contribution in [1.29, 1.82) is 0 Å². The molecule has 0 spiro atoms. The van der Waals surface area contributed by atoms with Gasteiger partial charge in [0.05, 0.1) is 16.2 Å². The van der Waals surface area contributed by atoms with E-state index in [2.05, 4.69) is 24.8 Å². The fourth-order valence-electron chi connectivity index (χ4n) is 3.78. The summed E-state index contributed by atoms with van der Waals surface area (Å²) in [4.78, 5) is 31.7. The van der Waals surface area contributed by atoms with Crippen molar-refractivity contribution in [3.8, 4) is 11.4 Å². The molecule has 168 valence electrons. The van der Waals surface area contributed by atoms with Crippen LogP contribution in [-0.2, 0) is 29.3 Å². The molecule has 1 aliphatic heterocycles. The van der Waals surface area contributed by atoms with E-state index in [0.29, 0.717) is 37.4 Å². The second kappa shape index (κ2) is 8.62. The Morgan fingerprint density at radius 3 is 2.73 bits per heavy atom. The monoisotopic (exact) mass is 479 g/mol. The topological polar surface area (TPSA) is 109 Å². The third kappa shape index (κ3) is 4.37. The second-order valence-electron chi connectivity index (χ2n) is 7.95. The maximum atomic E-state index is 12.9. The van der Waals surface area contributed by atoms with Crippen LogP contribution in [0.25, 0.3) is 11.4 Å². The van der Waals surface area contributed by atoms with Gasteiger partial charge < -0.3 is 4.98 Å². The Balaban J connectivity index is 1.33. The molecule has 0 aliphatic carbocycles. The van der Waals surface area contributed by atoms with Gasteiger partial charge in [0.25, 0.3) is 5.56 Å². The number of thiazole rings is 1. The molecule has 0 bridgehead atoms. The lowest BCUT2D eigenvalue weighted by Gasteiger charge is -2.27. The van der Waals surface area contributed by atoms with Crippen LogP contribution in [0, 0.1) is 6.92 Å². The van der Waals surface area contributed by atoms with Gasteiger partial charge in [0.2, 0.25) is 14.2 Å². The minimum Gasteiger partial charge on any atom is -0.306 e. The molecule has 33 heavy (non-hydrogen) atoms. The van der Waals surface area contributed by atoms with Crippen molar-refractivity contribution < 1.29 is 8.42 Å². The van der Waals surface area contributed by atoms with E-state index in [0.717, 1.165) is 21.7 Å². The molecule has 0 amide bonds. The van der Waals surface area contributed by atoms with E-state index in [1.807, 2.05) is 13.0 Å². The van der Waals surface area contributed by atoms with E-state index in [4.69, 9.17) is 0 Å². The number of H-pyrrole nitrogens is 1. The van der Waals surface area contributed by atoms with Crippen LogP contribution in [0.5, 0.6) is 0 Å². The first kappa shape index (κ1) is 21.6. The van der Waals surface area contributed by atoms with Gasteiger partial charge in [-0.3, -0.25) is 14.7 Å². The molecular formula is C23H21N5O3S2. The summed E-state index contributed by atoms with van der Waals surface area (Å²) in [6, 6.07) is 10.4. The number of fused-ring (bicyclic) bond motifs is 1. The highest BCUT2D eigenvalue weighted by Crippen LogP contribution is 2.27. The lowest BCUT2D eigenvalue weighted by atomic mass is 10.1. The number of benzene rings is 1. The van der Waals surface area contributed by atoms with Crippen LogP contribution >= 0.6 is 11.3 Å². The van der Waals surface area contributed by atoms with Crippen LogP contribution in [0.2, 0.25) is 0 Å². The molecule has 1 N–H and O–H groups in total. The molecule has 0 radical (unpaired) electrons. The fourth-order valence-corrected chi connectivity index (χ4v) is 6.40. The van der Waals surface area contributed by atoms with Crippen LogP contribution in [0.3, 0.4) is 0 Å². The van der Waals surface area contributed by atoms with E-state index in [-0.39, 0.29) is 14.8 Å². The average molecular weight is 480 g/mol. The summed E-state index contributed by atoms with van der Waals surface area (Å²) >= 11 is 1.17. The molecule has 10 heteroatoms. The summed E-state index contributed by atoms with van der Waals surface area (Å²) in [5.74, 6) is 0.522. The quantitative estimate of drug-likeness (QED) is 0.469. The zero-order chi connectivity index (χ0) is 23.0. The Bertz CT molecular complexity index is 1460. The minimum absolute atomic E-state index is 0.0828. The van der Waals surface area contributed by atoms with Gasteiger partial charge in [-0.2, -0.15) is 0 Å². The SMILES string of the molecule is Cc1ccc(S(=O)(=O)c2ncc(CN3CCc4nc(-c5cccnc5)[nH]c(=O)c4C3)s2)cc1. The molecule has 5 rings (SSSR count). The van der Waals surface area contributed by atoms with Gasteiger partial charge in [-0.15, -0.1) is 11.3 Å². The van der Waals surface area contributed by atoms with Crippen molar-refractivity contribution in [2.24, 2.45) is 0 Å². The first-order valence-electron chi connectivity index (χ1n) is 10.4. The van der Waals surface area contributed by atoms with Crippen molar-refractivity contribution in [1.82, 2.24) is 24.8 Å². The number of aromatic nitrogens is 4. The zero-order valence-corrected chi connectivity index (χ0v) is 19.5. The molecule has 0 saturated heterocycles. The normalized spacial score (nSPS) is 14.2. The van der Waals surface area contributed by atoms with Crippen LogP contribution in [-0.4, -0.2) is 39.8 Å². The maximum Gasteiger partial charge on any atom is 0.255 e. The zero-order valence-electron chi connectivity index (χ0n) is 17.9. The first-order chi connectivity index (χ1) is 15.9. The van der Waals surface area contributed by atoms with Gasteiger partial charge in [-0.25, -0.2) is 18.4 Å². The molecule has 3 aromatic heterocycles. The van der Waals surface area contributed by atoms with E-state index in [1.165, 1.54) is 11.3 Å². The summed E-state index contributed by atoms with van der Waals surface area (Å²) in [5, 5.41) is 0. The van der Waals surface area contributed by atoms with Crippen molar-refractivity contribution in [2.45, 2.75) is 35.7 Å². The molecule has 1 aromatic carbocycles. The number of nitrogens with one attached hydrogen (secondary N) is 1. The summed E-state index contributed by atoms with van der Waals surface area (Å²) in [6.07, 6.45) is 5.59. The summed E-state index contributed by atoms with van der Waals surface area (Å²) in [5.41, 5.74) is 3.05. The Kier molecular flexibility index (Phi) is 5.65. The smallest absolute Gasteiger partial charge is 0.255 e. The van der Waals surface area contributed by atoms with Gasteiger partial charge >= 0.3 is 0 Å². The standard InChI is InChI=1S/C23H21N5O3S2/c1-15-4-6-18(7-5-15)33(30,31)23-25-12-17(32-23)13-28-10-8-20-19(14-28)22(29)27-21(26-20)16-3-2-9-24-11-16/h2-7,9,11-12H,8,10,13-14H2,1H3,(H,26,27,29). The van der Waals surface area contributed by atoms with Crippen molar-refractivity contribution in [3.63, 3.8) is 0 Å². The summed E-state index contributed by atoms with van der Waals surface area (Å²) in [6.45, 7) is 3.59. The molecule has 0 atom stereocenters. The number of rotatable bonds is 5. The number of hydrogen-bond donors (Lipinski definition) is 1. The molecule has 4 aromatic rings. The predicted octanol–water partition coefficient (Wildman–Crippen LogP) is 2.99. The predicted molar refractivity (Wildman–Crippen MR) is 125 cm³/mol. The number of pyridine rings is 1. The largest absolute Gasteiger partial charge is 0.306 e. The Hall–Kier alpha value is -3.21. The number of nitrogens with zero attached hydrogens (tertiary/aromatic N) is 4. The van der Waals surface area contributed by atoms with E-state index in [1.54, 1.807) is 48.9 Å². The van der Waals surface area contributed by atoms with Crippen LogP contribution in [0.4, 0.5) is 0 Å². The van der Waals surface area contributed by atoms with E-state index >= 15 is 0 Å². The molecule has 4 heterocycles. The molecular weight excluding hydrogens is 458 g/mol. The lowest BCUT2D eigenvalue weighted by molar-refractivity contribution is 0.244. The van der Waals surface area contributed by atoms with Crippen LogP contribution < -0.4 is 5.56 Å². The summed E-state index contributed by atoms with van der Waals surface area (Å²) < 4.78 is 25.9. The van der Waals surface area contributed by atoms with Crippen molar-refractivity contribution in [3.05, 3.63) is 87.0 Å². The van der Waals surface area contributed by atoms with E-state index < -0.39 is 9.84 Å². The highest BCUT2D eigenvalue weighted by molar-refractivity contribution is 7.93. The Labute approximate surface area is 194 Å². The molecule has 1 aliphatic rings. The van der Waals surface area contributed by atoms with Gasteiger partial charge in [0.15, 0.2) is 0 Å². The number of hydrogen-bond acceptors (Lipinski definition) is 8. The Morgan fingerprint density at radius 2 is 1.97 bits per heavy atom. The maximum absolute atomic E-state index is 12.9. The van der Waals surface area contributed by atoms with Crippen molar-refractivity contribution >= 4 is 21.2 Å². The molecule has 0 fully saturated rings. The van der Waals surface area contributed by atoms with Gasteiger partial charge in [-0.05, 0) is 31.2 Å². The number of sulfone groups is 1. The fraction of sp³-hybridized carbons (Fsp3) is 0.217. The number of aromatic amines is 1. The van der Waals surface area contributed by atoms with Crippen LogP contribution in [0.1, 0.15) is 21.7 Å². The van der Waals surface area contributed by atoms with E-state index in [9.17, 15) is 13.2 Å². The Morgan fingerprint density at radius 1 is 1.15 bits per heavy atom. The average Bonchev–Trinajstić information content (AvgIpc) is 3.30. The molecule has 0 unspecified atom stereocenters. The first-order valence-corrected chi connectivity index (χ1v) is 12.7. The molecule has 0 saturated carbocycles. The van der Waals surface area contributed by atoms with Crippen LogP contribution in [0.15, 0.2) is 69.0 Å². The second-order valence-corrected chi connectivity index (χ2v) is 11.2. The minimum atomic E-state index is -3.64. The lowest BCUT2D eigenvalue weighted by Crippen LogP contribution is -2.35. The third-order valence-electron chi connectivity index (χ3n) is 5.56. The molecule has 8 nitrogen and oxygen atoms in total. The third-order valence-corrected chi connectivity index (χ3v) is 8.70. The van der Waals surface area contributed by atoms with Crippen molar-refractivity contribution in [2.75, 3.05) is 6.54 Å². The highest BCUT2D eigenvalue weighted by Gasteiger charge is 2.25. The highest BCUT2D eigenvalue weighted by atomic mass is 32.2.